The summed E-state index contributed by atoms with van der Waals surface area (Å²) in [6.45, 7) is 0. The minimum absolute atomic E-state index is 0.591. The molecule has 0 unspecified atom stereocenters. The maximum atomic E-state index is 11.0. The molecule has 1 aromatic heterocycles. The Morgan fingerprint density at radius 3 is 2.54 bits per heavy atom. The zero-order valence-corrected chi connectivity index (χ0v) is 13.1. The van der Waals surface area contributed by atoms with Crippen molar-refractivity contribution in [1.29, 1.82) is 0 Å². The van der Waals surface area contributed by atoms with Crippen LogP contribution in [0.2, 0.25) is 0 Å². The lowest BCUT2D eigenvalue weighted by atomic mass is 10.0. The van der Waals surface area contributed by atoms with E-state index in [0.717, 1.165) is 27.8 Å². The van der Waals surface area contributed by atoms with Crippen LogP contribution in [0.3, 0.4) is 0 Å². The smallest absolute Gasteiger partial charge is 0.267 e. The van der Waals surface area contributed by atoms with Crippen molar-refractivity contribution < 1.29 is 14.7 Å². The Labute approximate surface area is 139 Å². The van der Waals surface area contributed by atoms with Gasteiger partial charge in [-0.15, -0.1) is 0 Å². The van der Waals surface area contributed by atoms with Crippen molar-refractivity contribution in [2.45, 2.75) is 0 Å². The summed E-state index contributed by atoms with van der Waals surface area (Å²) in [6.07, 6.45) is 2.77. The number of nitrogens with one attached hydrogen (secondary N) is 1. The molecule has 0 saturated heterocycles. The summed E-state index contributed by atoms with van der Waals surface area (Å²) in [5.74, 6) is 0.233. The predicted molar refractivity (Wildman–Crippen MR) is 92.7 cm³/mol. The van der Waals surface area contributed by atoms with Crippen LogP contribution in [0.25, 0.3) is 28.1 Å². The molecule has 0 radical (unpaired) electrons. The third-order valence-electron chi connectivity index (χ3n) is 3.65. The van der Waals surface area contributed by atoms with Crippen LogP contribution in [0.4, 0.5) is 0 Å². The molecule has 0 aliphatic heterocycles. The highest BCUT2D eigenvalue weighted by molar-refractivity contribution is 5.91. The highest BCUT2D eigenvalue weighted by Gasteiger charge is 2.02. The molecule has 0 saturated carbocycles. The van der Waals surface area contributed by atoms with Gasteiger partial charge in [0.15, 0.2) is 0 Å². The van der Waals surface area contributed by atoms with Gasteiger partial charge in [0.05, 0.1) is 18.3 Å². The van der Waals surface area contributed by atoms with E-state index in [-0.39, 0.29) is 0 Å². The molecule has 1 amide bonds. The fourth-order valence-electron chi connectivity index (χ4n) is 2.40. The van der Waals surface area contributed by atoms with Gasteiger partial charge in [0, 0.05) is 11.5 Å². The molecular formula is C19H16N2O3. The van der Waals surface area contributed by atoms with Gasteiger partial charge in [-0.2, -0.15) is 0 Å². The molecule has 1 heterocycles. The number of fused-ring (bicyclic) bond motifs is 1. The highest BCUT2D eigenvalue weighted by Crippen LogP contribution is 2.25. The van der Waals surface area contributed by atoms with Crippen molar-refractivity contribution >= 4 is 22.9 Å². The molecule has 0 bridgehead atoms. The zero-order chi connectivity index (χ0) is 16.9. The average molecular weight is 320 g/mol. The first kappa shape index (κ1) is 15.7. The Balaban J connectivity index is 1.91. The molecule has 3 rings (SSSR count). The van der Waals surface area contributed by atoms with Gasteiger partial charge in [0.25, 0.3) is 5.91 Å². The fraction of sp³-hybridized carbons (Fsp3) is 0.0526. The van der Waals surface area contributed by atoms with E-state index in [1.807, 2.05) is 48.5 Å². The third-order valence-corrected chi connectivity index (χ3v) is 3.65. The lowest BCUT2D eigenvalue weighted by Crippen LogP contribution is -2.14. The summed E-state index contributed by atoms with van der Waals surface area (Å²) < 4.78 is 5.18. The predicted octanol–water partition coefficient (Wildman–Crippen LogP) is 3.43. The maximum absolute atomic E-state index is 11.0. The number of ether oxygens (including phenoxy) is 1. The fourth-order valence-corrected chi connectivity index (χ4v) is 2.40. The van der Waals surface area contributed by atoms with E-state index in [1.165, 1.54) is 6.08 Å². The molecule has 120 valence electrons. The summed E-state index contributed by atoms with van der Waals surface area (Å²) in [5, 5.41) is 9.48. The van der Waals surface area contributed by atoms with E-state index in [4.69, 9.17) is 9.94 Å². The molecule has 2 N–H and O–H groups in total. The monoisotopic (exact) mass is 320 g/mol. The van der Waals surface area contributed by atoms with Crippen LogP contribution >= 0.6 is 0 Å². The Morgan fingerprint density at radius 1 is 1.08 bits per heavy atom. The van der Waals surface area contributed by atoms with Crippen LogP contribution in [0.1, 0.15) is 5.69 Å². The van der Waals surface area contributed by atoms with Crippen molar-refractivity contribution in [3.63, 3.8) is 0 Å². The topological polar surface area (TPSA) is 71.5 Å². The van der Waals surface area contributed by atoms with Crippen molar-refractivity contribution in [1.82, 2.24) is 10.5 Å². The first-order valence-corrected chi connectivity index (χ1v) is 7.37. The number of carbonyl (C=O) groups excluding carboxylic acids is 1. The van der Waals surface area contributed by atoms with E-state index in [2.05, 4.69) is 11.1 Å². The minimum atomic E-state index is -0.591. The molecule has 0 spiro atoms. The number of rotatable bonds is 4. The SMILES string of the molecule is COc1ccc(-c2ccc3nc(/C=C/C(=O)NO)ccc3c2)cc1. The average Bonchev–Trinajstić information content (AvgIpc) is 2.65. The Hall–Kier alpha value is -3.18. The number of methoxy groups -OCH3 is 1. The standard InChI is InChI=1S/C19H16N2O3/c1-24-17-8-3-13(4-9-17)14-5-10-18-15(12-14)2-6-16(20-18)7-11-19(22)21-23/h2-12,23H,1H3,(H,21,22)/b11-7+. The quantitative estimate of drug-likeness (QED) is 0.439. The largest absolute Gasteiger partial charge is 0.497 e. The maximum Gasteiger partial charge on any atom is 0.267 e. The van der Waals surface area contributed by atoms with Crippen molar-refractivity contribution in [2.75, 3.05) is 7.11 Å². The first-order valence-electron chi connectivity index (χ1n) is 7.37. The molecule has 24 heavy (non-hydrogen) atoms. The second kappa shape index (κ2) is 6.93. The van der Waals surface area contributed by atoms with Crippen LogP contribution in [0.5, 0.6) is 5.75 Å². The lowest BCUT2D eigenvalue weighted by molar-refractivity contribution is -0.124. The number of hydrogen-bond donors (Lipinski definition) is 2. The molecule has 5 nitrogen and oxygen atoms in total. The highest BCUT2D eigenvalue weighted by atomic mass is 16.5. The number of aromatic nitrogens is 1. The second-order valence-electron chi connectivity index (χ2n) is 5.18. The molecular weight excluding hydrogens is 304 g/mol. The van der Waals surface area contributed by atoms with Crippen LogP contribution in [0.15, 0.2) is 60.7 Å². The van der Waals surface area contributed by atoms with Gasteiger partial charge in [0.2, 0.25) is 0 Å². The summed E-state index contributed by atoms with van der Waals surface area (Å²) in [4.78, 5) is 15.5. The lowest BCUT2D eigenvalue weighted by Gasteiger charge is -2.06. The van der Waals surface area contributed by atoms with Crippen LogP contribution < -0.4 is 10.2 Å². The van der Waals surface area contributed by atoms with Gasteiger partial charge >= 0.3 is 0 Å². The number of nitrogens with zero attached hydrogens (tertiary/aromatic N) is 1. The molecule has 3 aromatic rings. The van der Waals surface area contributed by atoms with Gasteiger partial charge in [-0.25, -0.2) is 10.5 Å². The van der Waals surface area contributed by atoms with Crippen molar-refractivity contribution in [3.05, 3.63) is 66.4 Å². The normalized spacial score (nSPS) is 10.9. The first-order chi connectivity index (χ1) is 11.7. The van der Waals surface area contributed by atoms with E-state index >= 15 is 0 Å². The number of hydroxylamine groups is 1. The minimum Gasteiger partial charge on any atom is -0.497 e. The van der Waals surface area contributed by atoms with Crippen LogP contribution in [0, 0.1) is 0 Å². The number of carbonyl (C=O) groups is 1. The van der Waals surface area contributed by atoms with Gasteiger partial charge in [0.1, 0.15) is 5.75 Å². The van der Waals surface area contributed by atoms with Crippen molar-refractivity contribution in [2.24, 2.45) is 0 Å². The third kappa shape index (κ3) is 3.42. The van der Waals surface area contributed by atoms with E-state index < -0.39 is 5.91 Å². The van der Waals surface area contributed by atoms with Gasteiger partial charge in [-0.3, -0.25) is 10.0 Å². The van der Waals surface area contributed by atoms with E-state index in [1.54, 1.807) is 18.7 Å². The summed E-state index contributed by atoms with van der Waals surface area (Å²) in [7, 11) is 1.65. The van der Waals surface area contributed by atoms with Crippen LogP contribution in [-0.4, -0.2) is 23.2 Å². The van der Waals surface area contributed by atoms with Gasteiger partial charge in [-0.05, 0) is 47.5 Å². The molecule has 0 aliphatic rings. The number of amides is 1. The molecule has 2 aromatic carbocycles. The van der Waals surface area contributed by atoms with Crippen molar-refractivity contribution in [3.8, 4) is 16.9 Å². The Kier molecular flexibility index (Phi) is 4.54. The molecule has 0 atom stereocenters. The number of benzene rings is 2. The van der Waals surface area contributed by atoms with Crippen LogP contribution in [-0.2, 0) is 4.79 Å². The van der Waals surface area contributed by atoms with E-state index in [0.29, 0.717) is 5.69 Å². The van der Waals surface area contributed by atoms with E-state index in [9.17, 15) is 4.79 Å². The molecule has 0 fully saturated rings. The second-order valence-corrected chi connectivity index (χ2v) is 5.18. The summed E-state index contributed by atoms with van der Waals surface area (Å²) in [6, 6.07) is 17.7. The number of hydrogen-bond acceptors (Lipinski definition) is 4. The number of pyridine rings is 1. The summed E-state index contributed by atoms with van der Waals surface area (Å²) >= 11 is 0. The van der Waals surface area contributed by atoms with Gasteiger partial charge in [-0.1, -0.05) is 24.3 Å². The molecule has 5 heteroatoms. The Bertz CT molecular complexity index is 902. The zero-order valence-electron chi connectivity index (χ0n) is 13.1. The van der Waals surface area contributed by atoms with Gasteiger partial charge < -0.3 is 4.74 Å². The Morgan fingerprint density at radius 2 is 1.83 bits per heavy atom. The summed E-state index contributed by atoms with van der Waals surface area (Å²) in [5.41, 5.74) is 5.21. The molecule has 0 aliphatic carbocycles.